The second-order valence-corrected chi connectivity index (χ2v) is 6.72. The van der Waals surface area contributed by atoms with Crippen LogP contribution in [-0.2, 0) is 4.74 Å². The molecular weight excluding hydrogens is 331 g/mol. The molecule has 2 aromatic heterocycles. The summed E-state index contributed by atoms with van der Waals surface area (Å²) >= 11 is 1.51. The summed E-state index contributed by atoms with van der Waals surface area (Å²) in [5.41, 5.74) is 0.709. The summed E-state index contributed by atoms with van der Waals surface area (Å²) < 4.78 is 25.4. The molecule has 2 fully saturated rings. The average molecular weight is 348 g/mol. The first-order chi connectivity index (χ1) is 11.7. The fourth-order valence-corrected chi connectivity index (χ4v) is 4.08. The third-order valence-electron chi connectivity index (χ3n) is 4.55. The molecule has 126 valence electrons. The molecule has 24 heavy (non-hydrogen) atoms. The van der Waals surface area contributed by atoms with Gasteiger partial charge in [-0.2, -0.15) is 11.3 Å². The van der Waals surface area contributed by atoms with E-state index in [1.807, 2.05) is 21.7 Å². The number of morpholine rings is 1. The molecule has 2 aromatic rings. The second-order valence-electron chi connectivity index (χ2n) is 5.94. The summed E-state index contributed by atoms with van der Waals surface area (Å²) in [6, 6.07) is 4.65. The van der Waals surface area contributed by atoms with Crippen LogP contribution in [0.15, 0.2) is 35.2 Å². The normalized spacial score (nSPS) is 26.2. The minimum atomic E-state index is -0.483. The largest absolute Gasteiger partial charge is 0.469 e. The fraction of sp³-hybridized carbons (Fsp3) is 0.412. The highest BCUT2D eigenvalue weighted by Gasteiger charge is 2.46. The molecule has 0 unspecified atom stereocenters. The molecule has 3 heterocycles. The number of aromatic nitrogens is 1. The van der Waals surface area contributed by atoms with E-state index >= 15 is 0 Å². The zero-order valence-electron chi connectivity index (χ0n) is 12.9. The Morgan fingerprint density at radius 3 is 3.12 bits per heavy atom. The number of halogens is 1. The number of nitrogens with zero attached hydrogens (tertiary/aromatic N) is 2. The molecule has 1 aliphatic heterocycles. The van der Waals surface area contributed by atoms with E-state index in [1.165, 1.54) is 29.7 Å². The van der Waals surface area contributed by atoms with E-state index in [-0.39, 0.29) is 30.0 Å². The zero-order valence-corrected chi connectivity index (χ0v) is 13.7. The van der Waals surface area contributed by atoms with Gasteiger partial charge in [0.2, 0.25) is 0 Å². The first kappa shape index (κ1) is 15.5. The number of ether oxygens (including phenoxy) is 2. The molecular formula is C17H17FN2O3S. The molecule has 1 amide bonds. The standard InChI is InChI=1S/C17H17FN2O3S/c18-12-2-1-6-19-16(12)23-14-4-3-13-15(14)22-8-7-20(13)17(21)11-5-9-24-10-11/h1-2,5-6,9-10,13-15H,3-4,7-8H2/t13-,14-,15+/m0/s1. The Labute approximate surface area is 143 Å². The van der Waals surface area contributed by atoms with Crippen LogP contribution < -0.4 is 4.74 Å². The van der Waals surface area contributed by atoms with Crippen molar-refractivity contribution in [2.75, 3.05) is 13.2 Å². The third kappa shape index (κ3) is 2.78. The van der Waals surface area contributed by atoms with Gasteiger partial charge in [0.1, 0.15) is 12.2 Å². The summed E-state index contributed by atoms with van der Waals surface area (Å²) in [7, 11) is 0. The molecule has 4 rings (SSSR count). The van der Waals surface area contributed by atoms with Crippen molar-refractivity contribution in [3.8, 4) is 5.88 Å². The lowest BCUT2D eigenvalue weighted by Gasteiger charge is -2.38. The topological polar surface area (TPSA) is 51.7 Å². The number of hydrogen-bond acceptors (Lipinski definition) is 5. The molecule has 0 aromatic carbocycles. The van der Waals surface area contributed by atoms with E-state index in [0.717, 1.165) is 6.42 Å². The smallest absolute Gasteiger partial charge is 0.255 e. The number of hydrogen-bond donors (Lipinski definition) is 0. The van der Waals surface area contributed by atoms with Crippen LogP contribution in [0.3, 0.4) is 0 Å². The summed E-state index contributed by atoms with van der Waals surface area (Å²) in [5.74, 6) is -0.463. The van der Waals surface area contributed by atoms with Crippen LogP contribution in [0.4, 0.5) is 4.39 Å². The molecule has 7 heteroatoms. The van der Waals surface area contributed by atoms with Gasteiger partial charge in [0, 0.05) is 18.1 Å². The zero-order chi connectivity index (χ0) is 16.5. The number of carbonyl (C=O) groups excluding carboxylic acids is 1. The van der Waals surface area contributed by atoms with Crippen molar-refractivity contribution in [3.63, 3.8) is 0 Å². The Balaban J connectivity index is 1.50. The van der Waals surface area contributed by atoms with Gasteiger partial charge in [-0.1, -0.05) is 0 Å². The van der Waals surface area contributed by atoms with E-state index in [4.69, 9.17) is 9.47 Å². The van der Waals surface area contributed by atoms with Crippen LogP contribution in [0, 0.1) is 5.82 Å². The minimum absolute atomic E-state index is 0.00645. The Morgan fingerprint density at radius 1 is 1.42 bits per heavy atom. The van der Waals surface area contributed by atoms with Gasteiger partial charge in [0.25, 0.3) is 11.8 Å². The molecule has 3 atom stereocenters. The highest BCUT2D eigenvalue weighted by atomic mass is 32.1. The summed E-state index contributed by atoms with van der Waals surface area (Å²) in [4.78, 5) is 18.5. The van der Waals surface area contributed by atoms with Crippen molar-refractivity contribution in [2.24, 2.45) is 0 Å². The highest BCUT2D eigenvalue weighted by molar-refractivity contribution is 7.08. The SMILES string of the molecule is O=C(c1ccsc1)N1CCO[C@H]2[C@@H](Oc3ncccc3F)CC[C@@H]21. The fourth-order valence-electron chi connectivity index (χ4n) is 3.45. The lowest BCUT2D eigenvalue weighted by Crippen LogP contribution is -2.54. The number of rotatable bonds is 3. The van der Waals surface area contributed by atoms with Crippen molar-refractivity contribution < 1.29 is 18.7 Å². The Hall–Kier alpha value is -1.99. The monoisotopic (exact) mass is 348 g/mol. The molecule has 0 N–H and O–H groups in total. The maximum Gasteiger partial charge on any atom is 0.255 e. The van der Waals surface area contributed by atoms with E-state index in [0.29, 0.717) is 25.1 Å². The number of thiophene rings is 1. The van der Waals surface area contributed by atoms with Gasteiger partial charge >= 0.3 is 0 Å². The number of carbonyl (C=O) groups is 1. The van der Waals surface area contributed by atoms with Crippen LogP contribution in [0.5, 0.6) is 5.88 Å². The molecule has 1 aliphatic carbocycles. The second kappa shape index (κ2) is 6.49. The van der Waals surface area contributed by atoms with Crippen molar-refractivity contribution in [1.82, 2.24) is 9.88 Å². The number of amides is 1. The molecule has 5 nitrogen and oxygen atoms in total. The molecule has 0 spiro atoms. The van der Waals surface area contributed by atoms with Crippen LogP contribution in [0.25, 0.3) is 0 Å². The lowest BCUT2D eigenvalue weighted by atomic mass is 10.1. The van der Waals surface area contributed by atoms with Gasteiger partial charge in [-0.25, -0.2) is 9.37 Å². The van der Waals surface area contributed by atoms with Gasteiger partial charge in [0.15, 0.2) is 5.82 Å². The minimum Gasteiger partial charge on any atom is -0.469 e. The number of pyridine rings is 1. The number of fused-ring (bicyclic) bond motifs is 1. The first-order valence-corrected chi connectivity index (χ1v) is 8.90. The van der Waals surface area contributed by atoms with Crippen LogP contribution in [-0.4, -0.2) is 47.2 Å². The van der Waals surface area contributed by atoms with Crippen LogP contribution >= 0.6 is 11.3 Å². The maximum absolute atomic E-state index is 13.8. The summed E-state index contributed by atoms with van der Waals surface area (Å²) in [5, 5.41) is 3.76. The molecule has 0 radical (unpaired) electrons. The third-order valence-corrected chi connectivity index (χ3v) is 5.24. The van der Waals surface area contributed by atoms with Crippen molar-refractivity contribution in [3.05, 3.63) is 46.5 Å². The van der Waals surface area contributed by atoms with Crippen molar-refractivity contribution >= 4 is 17.2 Å². The van der Waals surface area contributed by atoms with E-state index in [9.17, 15) is 9.18 Å². The van der Waals surface area contributed by atoms with Gasteiger partial charge in [-0.05, 0) is 36.4 Å². The molecule has 1 saturated carbocycles. The molecule has 2 aliphatic rings. The Kier molecular flexibility index (Phi) is 4.20. The Bertz CT molecular complexity index is 724. The predicted octanol–water partition coefficient (Wildman–Crippen LogP) is 2.73. The van der Waals surface area contributed by atoms with Crippen LogP contribution in [0.2, 0.25) is 0 Å². The van der Waals surface area contributed by atoms with Gasteiger partial charge in [-0.15, -0.1) is 0 Å². The molecule has 1 saturated heterocycles. The van der Waals surface area contributed by atoms with Gasteiger partial charge in [0.05, 0.1) is 18.2 Å². The Morgan fingerprint density at radius 2 is 2.33 bits per heavy atom. The summed E-state index contributed by atoms with van der Waals surface area (Å²) in [6.45, 7) is 1.03. The van der Waals surface area contributed by atoms with E-state index in [2.05, 4.69) is 4.98 Å². The summed E-state index contributed by atoms with van der Waals surface area (Å²) in [6.07, 6.45) is 2.44. The van der Waals surface area contributed by atoms with Gasteiger partial charge in [-0.3, -0.25) is 4.79 Å². The lowest BCUT2D eigenvalue weighted by molar-refractivity contribution is -0.0798. The average Bonchev–Trinajstić information content (AvgIpc) is 3.26. The maximum atomic E-state index is 13.8. The highest BCUT2D eigenvalue weighted by Crippen LogP contribution is 2.34. The van der Waals surface area contributed by atoms with E-state index in [1.54, 1.807) is 0 Å². The van der Waals surface area contributed by atoms with Gasteiger partial charge < -0.3 is 14.4 Å². The van der Waals surface area contributed by atoms with Crippen LogP contribution in [0.1, 0.15) is 23.2 Å². The molecule has 0 bridgehead atoms. The van der Waals surface area contributed by atoms with Crippen molar-refractivity contribution in [1.29, 1.82) is 0 Å². The predicted molar refractivity (Wildman–Crippen MR) is 86.7 cm³/mol. The van der Waals surface area contributed by atoms with Crippen molar-refractivity contribution in [2.45, 2.75) is 31.1 Å². The van der Waals surface area contributed by atoms with E-state index < -0.39 is 5.82 Å². The quantitative estimate of drug-likeness (QED) is 0.856. The first-order valence-electron chi connectivity index (χ1n) is 7.96.